The summed E-state index contributed by atoms with van der Waals surface area (Å²) in [6.45, 7) is 6.92. The van der Waals surface area contributed by atoms with E-state index in [0.29, 0.717) is 11.8 Å². The molecule has 176 valence electrons. The first kappa shape index (κ1) is 24.2. The molecule has 9 nitrogen and oxygen atoms in total. The lowest BCUT2D eigenvalue weighted by Crippen LogP contribution is -2.56. The summed E-state index contributed by atoms with van der Waals surface area (Å²) in [6, 6.07) is 8.14. The number of pyridine rings is 1. The van der Waals surface area contributed by atoms with Crippen LogP contribution in [0, 0.1) is 0 Å². The average Bonchev–Trinajstić information content (AvgIpc) is 2.85. The monoisotopic (exact) mass is 454 g/mol. The standard InChI is InChI=1S/C24H30N4O5/c1-5-14-27-19(29)11-10-18(23(32)28(27)15-20(30)33-24(2,3)4)26-22(31)21-17-9-7-6-8-16(17)12-13-25-21/h6-9,12-13,18H,5,10-11,14-15H2,1-4H3,(H,26,31). The Hall–Kier alpha value is -3.49. The minimum atomic E-state index is -0.980. The highest BCUT2D eigenvalue weighted by molar-refractivity contribution is 6.06. The second-order valence-corrected chi connectivity index (χ2v) is 8.94. The minimum Gasteiger partial charge on any atom is -0.459 e. The van der Waals surface area contributed by atoms with Crippen molar-refractivity contribution < 1.29 is 23.9 Å². The summed E-state index contributed by atoms with van der Waals surface area (Å²) >= 11 is 0. The lowest BCUT2D eigenvalue weighted by atomic mass is 10.1. The van der Waals surface area contributed by atoms with Crippen molar-refractivity contribution in [3.8, 4) is 0 Å². The van der Waals surface area contributed by atoms with Crippen molar-refractivity contribution in [2.75, 3.05) is 13.1 Å². The molecule has 3 rings (SSSR count). The van der Waals surface area contributed by atoms with Crippen LogP contribution >= 0.6 is 0 Å². The number of benzene rings is 1. The first-order valence-electron chi connectivity index (χ1n) is 11.1. The van der Waals surface area contributed by atoms with Gasteiger partial charge in [-0.05, 0) is 45.1 Å². The predicted octanol–water partition coefficient (Wildman–Crippen LogP) is 2.45. The van der Waals surface area contributed by atoms with Gasteiger partial charge in [0.25, 0.3) is 11.8 Å². The number of carbonyl (C=O) groups excluding carboxylic acids is 4. The third kappa shape index (κ3) is 5.85. The summed E-state index contributed by atoms with van der Waals surface area (Å²) in [5.41, 5.74) is -0.542. The van der Waals surface area contributed by atoms with Crippen molar-refractivity contribution in [2.45, 2.75) is 58.6 Å². The Morgan fingerprint density at radius 2 is 1.88 bits per heavy atom. The van der Waals surface area contributed by atoms with Crippen LogP contribution in [-0.2, 0) is 19.1 Å². The van der Waals surface area contributed by atoms with Crippen LogP contribution < -0.4 is 5.32 Å². The van der Waals surface area contributed by atoms with E-state index < -0.39 is 36.0 Å². The van der Waals surface area contributed by atoms with E-state index in [-0.39, 0.29) is 31.0 Å². The Kier molecular flexibility index (Phi) is 7.30. The number of hydrogen-bond donors (Lipinski definition) is 1. The smallest absolute Gasteiger partial charge is 0.328 e. The SMILES string of the molecule is CCCN1C(=O)CCC(NC(=O)c2nccc3ccccc23)C(=O)N1CC(=O)OC(C)(C)C. The van der Waals surface area contributed by atoms with Gasteiger partial charge in [-0.25, -0.2) is 5.01 Å². The lowest BCUT2D eigenvalue weighted by Gasteiger charge is -2.34. The van der Waals surface area contributed by atoms with Gasteiger partial charge in [0.1, 0.15) is 23.9 Å². The number of aromatic nitrogens is 1. The number of amides is 3. The molecule has 0 spiro atoms. The third-order valence-corrected chi connectivity index (χ3v) is 5.11. The van der Waals surface area contributed by atoms with Crippen molar-refractivity contribution in [1.82, 2.24) is 20.3 Å². The highest BCUT2D eigenvalue weighted by Gasteiger charge is 2.38. The molecule has 0 bridgehead atoms. The largest absolute Gasteiger partial charge is 0.459 e. The number of ether oxygens (including phenoxy) is 1. The summed E-state index contributed by atoms with van der Waals surface area (Å²) in [7, 11) is 0. The van der Waals surface area contributed by atoms with Crippen LogP contribution in [-0.4, -0.2) is 63.4 Å². The zero-order valence-corrected chi connectivity index (χ0v) is 19.5. The fraction of sp³-hybridized carbons (Fsp3) is 0.458. The summed E-state index contributed by atoms with van der Waals surface area (Å²) in [5.74, 6) is -1.96. The number of nitrogens with one attached hydrogen (secondary N) is 1. The number of hydrazine groups is 1. The van der Waals surface area contributed by atoms with E-state index in [4.69, 9.17) is 4.74 Å². The van der Waals surface area contributed by atoms with Gasteiger partial charge in [0.2, 0.25) is 5.91 Å². The zero-order chi connectivity index (χ0) is 24.2. The van der Waals surface area contributed by atoms with Gasteiger partial charge in [0.15, 0.2) is 0 Å². The average molecular weight is 455 g/mol. The molecule has 1 aromatic heterocycles. The first-order chi connectivity index (χ1) is 15.6. The highest BCUT2D eigenvalue weighted by atomic mass is 16.6. The fourth-order valence-electron chi connectivity index (χ4n) is 3.73. The van der Waals surface area contributed by atoms with Gasteiger partial charge < -0.3 is 10.1 Å². The van der Waals surface area contributed by atoms with Crippen LogP contribution in [0.5, 0.6) is 0 Å². The van der Waals surface area contributed by atoms with Gasteiger partial charge in [0.05, 0.1) is 0 Å². The van der Waals surface area contributed by atoms with Crippen LogP contribution in [0.4, 0.5) is 0 Å². The molecule has 1 aliphatic rings. The molecule has 1 fully saturated rings. The minimum absolute atomic E-state index is 0.0600. The Balaban J connectivity index is 1.85. The van der Waals surface area contributed by atoms with Gasteiger partial charge in [-0.3, -0.25) is 29.2 Å². The van der Waals surface area contributed by atoms with Crippen molar-refractivity contribution in [3.05, 3.63) is 42.2 Å². The molecule has 33 heavy (non-hydrogen) atoms. The first-order valence-corrected chi connectivity index (χ1v) is 11.1. The quantitative estimate of drug-likeness (QED) is 0.672. The topological polar surface area (TPSA) is 109 Å². The molecule has 0 saturated carbocycles. The van der Waals surface area contributed by atoms with E-state index >= 15 is 0 Å². The molecule has 9 heteroatoms. The number of carbonyl (C=O) groups is 4. The van der Waals surface area contributed by atoms with Crippen LogP contribution in [0.3, 0.4) is 0 Å². The second kappa shape index (κ2) is 9.97. The molecule has 3 amide bonds. The van der Waals surface area contributed by atoms with Crippen LogP contribution in [0.2, 0.25) is 0 Å². The molecule has 1 aromatic carbocycles. The van der Waals surface area contributed by atoms with Crippen LogP contribution in [0.25, 0.3) is 10.8 Å². The highest BCUT2D eigenvalue weighted by Crippen LogP contribution is 2.19. The Bertz CT molecular complexity index is 1060. The molecule has 2 aromatic rings. The molecule has 1 unspecified atom stereocenters. The van der Waals surface area contributed by atoms with E-state index in [1.165, 1.54) is 11.2 Å². The van der Waals surface area contributed by atoms with Gasteiger partial charge in [-0.2, -0.15) is 0 Å². The van der Waals surface area contributed by atoms with Gasteiger partial charge in [-0.15, -0.1) is 0 Å². The number of esters is 1. The summed E-state index contributed by atoms with van der Waals surface area (Å²) in [4.78, 5) is 55.9. The summed E-state index contributed by atoms with van der Waals surface area (Å²) in [6.07, 6.45) is 2.32. The zero-order valence-electron chi connectivity index (χ0n) is 19.5. The molecular weight excluding hydrogens is 424 g/mol. The Morgan fingerprint density at radius 3 is 2.58 bits per heavy atom. The molecular formula is C24H30N4O5. The van der Waals surface area contributed by atoms with E-state index in [1.54, 1.807) is 39.0 Å². The van der Waals surface area contributed by atoms with Gasteiger partial charge in [0, 0.05) is 24.5 Å². The molecule has 1 atom stereocenters. The van der Waals surface area contributed by atoms with E-state index in [1.807, 2.05) is 19.1 Å². The van der Waals surface area contributed by atoms with Gasteiger partial charge >= 0.3 is 5.97 Å². The maximum absolute atomic E-state index is 13.4. The van der Waals surface area contributed by atoms with Crippen molar-refractivity contribution in [3.63, 3.8) is 0 Å². The molecule has 1 N–H and O–H groups in total. The normalized spacial score (nSPS) is 17.2. The van der Waals surface area contributed by atoms with Crippen LogP contribution in [0.1, 0.15) is 57.4 Å². The number of nitrogens with zero attached hydrogens (tertiary/aromatic N) is 3. The molecule has 0 radical (unpaired) electrons. The van der Waals surface area contributed by atoms with Crippen molar-refractivity contribution in [1.29, 1.82) is 0 Å². The second-order valence-electron chi connectivity index (χ2n) is 8.94. The molecule has 1 saturated heterocycles. The van der Waals surface area contributed by atoms with Crippen LogP contribution in [0.15, 0.2) is 36.5 Å². The maximum atomic E-state index is 13.4. The molecule has 0 aliphatic carbocycles. The lowest BCUT2D eigenvalue weighted by molar-refractivity contribution is -0.173. The summed E-state index contributed by atoms with van der Waals surface area (Å²) in [5, 5.41) is 6.63. The van der Waals surface area contributed by atoms with E-state index in [2.05, 4.69) is 10.3 Å². The van der Waals surface area contributed by atoms with Crippen molar-refractivity contribution >= 4 is 34.5 Å². The van der Waals surface area contributed by atoms with E-state index in [9.17, 15) is 19.2 Å². The number of hydrogen-bond acceptors (Lipinski definition) is 6. The number of fused-ring (bicyclic) bond motifs is 1. The van der Waals surface area contributed by atoms with Crippen molar-refractivity contribution in [2.24, 2.45) is 0 Å². The molecule has 1 aliphatic heterocycles. The maximum Gasteiger partial charge on any atom is 0.328 e. The predicted molar refractivity (Wildman–Crippen MR) is 122 cm³/mol. The fourth-order valence-corrected chi connectivity index (χ4v) is 3.73. The van der Waals surface area contributed by atoms with E-state index in [0.717, 1.165) is 10.4 Å². The summed E-state index contributed by atoms with van der Waals surface area (Å²) < 4.78 is 5.36. The number of rotatable bonds is 6. The third-order valence-electron chi connectivity index (χ3n) is 5.11. The van der Waals surface area contributed by atoms with Gasteiger partial charge in [-0.1, -0.05) is 31.2 Å². The Labute approximate surface area is 193 Å². The Morgan fingerprint density at radius 1 is 1.15 bits per heavy atom. The molecule has 2 heterocycles.